The summed E-state index contributed by atoms with van der Waals surface area (Å²) in [6.45, 7) is 2.16. The number of nitrogens with zero attached hydrogens (tertiary/aromatic N) is 1. The number of nitrogens with one attached hydrogen (secondary N) is 1. The van der Waals surface area contributed by atoms with Gasteiger partial charge in [0.25, 0.3) is 0 Å². The van der Waals surface area contributed by atoms with E-state index >= 15 is 0 Å². The number of likely N-dealkylation sites (tertiary alicyclic amines) is 1. The standard InChI is InChI=1S/C15H18F2N2O/c1-19-9-11(10-2-3-12(16)13(17)8-10)15(14(19)20)4-6-18-7-5-15/h2-3,8,11,18H,4-7,9H2,1H3. The van der Waals surface area contributed by atoms with Gasteiger partial charge in [-0.15, -0.1) is 0 Å². The predicted molar refractivity (Wildman–Crippen MR) is 71.3 cm³/mol. The lowest BCUT2D eigenvalue weighted by molar-refractivity contribution is -0.136. The fourth-order valence-electron chi connectivity index (χ4n) is 3.65. The van der Waals surface area contributed by atoms with E-state index in [1.54, 1.807) is 18.0 Å². The molecule has 0 saturated carbocycles. The molecule has 3 rings (SSSR count). The Balaban J connectivity index is 2.01. The summed E-state index contributed by atoms with van der Waals surface area (Å²) in [7, 11) is 1.78. The lowest BCUT2D eigenvalue weighted by Gasteiger charge is -2.36. The average molecular weight is 280 g/mol. The molecule has 0 radical (unpaired) electrons. The van der Waals surface area contributed by atoms with Gasteiger partial charge in [-0.3, -0.25) is 4.79 Å². The lowest BCUT2D eigenvalue weighted by atomic mass is 9.68. The van der Waals surface area contributed by atoms with Gasteiger partial charge in [0.05, 0.1) is 5.41 Å². The molecule has 0 bridgehead atoms. The summed E-state index contributed by atoms with van der Waals surface area (Å²) in [5.74, 6) is -1.61. The molecular weight excluding hydrogens is 262 g/mol. The summed E-state index contributed by atoms with van der Waals surface area (Å²) in [5, 5.41) is 3.26. The molecule has 1 spiro atoms. The van der Waals surface area contributed by atoms with Crippen molar-refractivity contribution in [2.24, 2.45) is 5.41 Å². The van der Waals surface area contributed by atoms with Crippen LogP contribution in [0, 0.1) is 17.0 Å². The van der Waals surface area contributed by atoms with Crippen LogP contribution in [0.4, 0.5) is 8.78 Å². The average Bonchev–Trinajstić information content (AvgIpc) is 2.68. The van der Waals surface area contributed by atoms with Crippen LogP contribution >= 0.6 is 0 Å². The first-order valence-corrected chi connectivity index (χ1v) is 6.96. The van der Waals surface area contributed by atoms with E-state index < -0.39 is 17.0 Å². The first-order chi connectivity index (χ1) is 9.54. The molecule has 1 aromatic carbocycles. The molecule has 1 atom stereocenters. The Kier molecular flexibility index (Phi) is 3.24. The number of hydrogen-bond acceptors (Lipinski definition) is 2. The molecule has 3 nitrogen and oxygen atoms in total. The number of carbonyl (C=O) groups excluding carboxylic acids is 1. The number of piperidine rings is 1. The highest BCUT2D eigenvalue weighted by molar-refractivity contribution is 5.86. The first kappa shape index (κ1) is 13.5. The molecule has 1 aromatic rings. The summed E-state index contributed by atoms with van der Waals surface area (Å²) in [6.07, 6.45) is 1.50. The van der Waals surface area contributed by atoms with E-state index in [-0.39, 0.29) is 11.8 Å². The number of carbonyl (C=O) groups is 1. The van der Waals surface area contributed by atoms with Crippen LogP contribution in [0.1, 0.15) is 24.3 Å². The molecule has 2 saturated heterocycles. The van der Waals surface area contributed by atoms with E-state index in [1.165, 1.54) is 6.07 Å². The van der Waals surface area contributed by atoms with Crippen molar-refractivity contribution >= 4 is 5.91 Å². The van der Waals surface area contributed by atoms with Gasteiger partial charge in [-0.05, 0) is 43.6 Å². The van der Waals surface area contributed by atoms with Gasteiger partial charge < -0.3 is 10.2 Å². The monoisotopic (exact) mass is 280 g/mol. The van der Waals surface area contributed by atoms with Crippen molar-refractivity contribution in [1.82, 2.24) is 10.2 Å². The second-order valence-electron chi connectivity index (χ2n) is 5.82. The SMILES string of the molecule is CN1CC(c2ccc(F)c(F)c2)C2(CCNCC2)C1=O. The molecule has 0 aromatic heterocycles. The number of benzene rings is 1. The minimum Gasteiger partial charge on any atom is -0.345 e. The number of rotatable bonds is 1. The van der Waals surface area contributed by atoms with E-state index in [2.05, 4.69) is 5.32 Å². The van der Waals surface area contributed by atoms with Crippen LogP contribution < -0.4 is 5.32 Å². The van der Waals surface area contributed by atoms with Crippen LogP contribution in [0.15, 0.2) is 18.2 Å². The van der Waals surface area contributed by atoms with E-state index in [4.69, 9.17) is 0 Å². The Morgan fingerprint density at radius 3 is 2.60 bits per heavy atom. The maximum absolute atomic E-state index is 13.5. The number of hydrogen-bond donors (Lipinski definition) is 1. The molecule has 2 aliphatic rings. The third-order valence-electron chi connectivity index (χ3n) is 4.74. The molecule has 0 aliphatic carbocycles. The molecule has 20 heavy (non-hydrogen) atoms. The van der Waals surface area contributed by atoms with E-state index in [0.29, 0.717) is 6.54 Å². The number of halogens is 2. The van der Waals surface area contributed by atoms with Crippen LogP contribution in [0.2, 0.25) is 0 Å². The Bertz CT molecular complexity index is 541. The Hall–Kier alpha value is -1.49. The van der Waals surface area contributed by atoms with Crippen molar-refractivity contribution in [3.63, 3.8) is 0 Å². The molecule has 2 aliphatic heterocycles. The maximum atomic E-state index is 13.5. The van der Waals surface area contributed by atoms with E-state index in [9.17, 15) is 13.6 Å². The third kappa shape index (κ3) is 1.92. The molecule has 5 heteroatoms. The first-order valence-electron chi connectivity index (χ1n) is 6.96. The highest BCUT2D eigenvalue weighted by Gasteiger charge is 2.53. The summed E-state index contributed by atoms with van der Waals surface area (Å²) >= 11 is 0. The predicted octanol–water partition coefficient (Wildman–Crippen LogP) is 1.89. The molecule has 1 amide bonds. The maximum Gasteiger partial charge on any atom is 0.229 e. The van der Waals surface area contributed by atoms with Gasteiger partial charge in [0.15, 0.2) is 11.6 Å². The van der Waals surface area contributed by atoms with Crippen LogP contribution in [0.3, 0.4) is 0 Å². The summed E-state index contributed by atoms with van der Waals surface area (Å²) < 4.78 is 26.6. The van der Waals surface area contributed by atoms with Gasteiger partial charge in [0.1, 0.15) is 0 Å². The minimum absolute atomic E-state index is 0.0581. The highest BCUT2D eigenvalue weighted by Crippen LogP contribution is 2.49. The second-order valence-corrected chi connectivity index (χ2v) is 5.82. The molecular formula is C15H18F2N2O. The largest absolute Gasteiger partial charge is 0.345 e. The van der Waals surface area contributed by atoms with Gasteiger partial charge in [-0.25, -0.2) is 8.78 Å². The van der Waals surface area contributed by atoms with Crippen LogP contribution in [0.25, 0.3) is 0 Å². The number of amides is 1. The Labute approximate surface area is 117 Å². The summed E-state index contributed by atoms with van der Waals surface area (Å²) in [6, 6.07) is 4.01. The van der Waals surface area contributed by atoms with Crippen LogP contribution in [-0.2, 0) is 4.79 Å². The smallest absolute Gasteiger partial charge is 0.229 e. The fourth-order valence-corrected chi connectivity index (χ4v) is 3.65. The second kappa shape index (κ2) is 4.81. The Morgan fingerprint density at radius 1 is 1.25 bits per heavy atom. The zero-order valence-corrected chi connectivity index (χ0v) is 11.5. The van der Waals surface area contributed by atoms with Crippen molar-refractivity contribution in [1.29, 1.82) is 0 Å². The van der Waals surface area contributed by atoms with Crippen molar-refractivity contribution < 1.29 is 13.6 Å². The zero-order chi connectivity index (χ0) is 14.3. The normalized spacial score (nSPS) is 25.4. The molecule has 108 valence electrons. The van der Waals surface area contributed by atoms with Crippen molar-refractivity contribution in [3.8, 4) is 0 Å². The van der Waals surface area contributed by atoms with Gasteiger partial charge >= 0.3 is 0 Å². The van der Waals surface area contributed by atoms with Crippen molar-refractivity contribution in [3.05, 3.63) is 35.4 Å². The van der Waals surface area contributed by atoms with Gasteiger partial charge in [0.2, 0.25) is 5.91 Å². The Morgan fingerprint density at radius 2 is 1.95 bits per heavy atom. The molecule has 2 fully saturated rings. The molecule has 1 unspecified atom stereocenters. The van der Waals surface area contributed by atoms with Crippen LogP contribution in [-0.4, -0.2) is 37.5 Å². The van der Waals surface area contributed by atoms with Crippen molar-refractivity contribution in [2.45, 2.75) is 18.8 Å². The van der Waals surface area contributed by atoms with Crippen LogP contribution in [0.5, 0.6) is 0 Å². The molecule has 1 N–H and O–H groups in total. The van der Waals surface area contributed by atoms with Gasteiger partial charge in [0, 0.05) is 19.5 Å². The third-order valence-corrected chi connectivity index (χ3v) is 4.74. The summed E-state index contributed by atoms with van der Waals surface area (Å²) in [5.41, 5.74) is 0.271. The lowest BCUT2D eigenvalue weighted by Crippen LogP contribution is -2.44. The van der Waals surface area contributed by atoms with Gasteiger partial charge in [-0.2, -0.15) is 0 Å². The highest BCUT2D eigenvalue weighted by atomic mass is 19.2. The zero-order valence-electron chi connectivity index (χ0n) is 11.5. The van der Waals surface area contributed by atoms with Gasteiger partial charge in [-0.1, -0.05) is 6.07 Å². The number of likely N-dealkylation sites (N-methyl/N-ethyl adjacent to an activating group) is 1. The minimum atomic E-state index is -0.842. The van der Waals surface area contributed by atoms with Crippen molar-refractivity contribution in [2.75, 3.05) is 26.7 Å². The summed E-state index contributed by atoms with van der Waals surface area (Å²) in [4.78, 5) is 14.3. The molecule has 2 heterocycles. The fraction of sp³-hybridized carbons (Fsp3) is 0.533. The van der Waals surface area contributed by atoms with E-state index in [0.717, 1.165) is 37.6 Å². The van der Waals surface area contributed by atoms with E-state index in [1.807, 2.05) is 0 Å². The quantitative estimate of drug-likeness (QED) is 0.852. The topological polar surface area (TPSA) is 32.3 Å².